The molecule has 1 nitrogen and oxygen atoms in total. The van der Waals surface area contributed by atoms with Gasteiger partial charge in [-0.1, -0.05) is 29.3 Å². The van der Waals surface area contributed by atoms with Crippen LogP contribution in [0.4, 0.5) is 4.39 Å². The number of nitrogens with two attached hydrogens (primary N) is 1. The monoisotopic (exact) mass is 289 g/mol. The average Bonchev–Trinajstić information content (AvgIpc) is 2.59. The van der Waals surface area contributed by atoms with E-state index < -0.39 is 11.9 Å². The minimum atomic E-state index is -0.583. The van der Waals surface area contributed by atoms with E-state index in [1.54, 1.807) is 12.1 Å². The number of aryl methyl sites for hydroxylation is 1. The molecule has 0 aliphatic carbocycles. The molecule has 1 unspecified atom stereocenters. The Morgan fingerprint density at radius 2 is 2.06 bits per heavy atom. The van der Waals surface area contributed by atoms with E-state index in [0.717, 1.165) is 10.4 Å². The number of thiophene rings is 1. The van der Waals surface area contributed by atoms with Gasteiger partial charge in [0, 0.05) is 15.5 Å². The molecule has 1 heterocycles. The Hall–Kier alpha value is -0.610. The van der Waals surface area contributed by atoms with Crippen molar-refractivity contribution in [3.8, 4) is 0 Å². The Labute approximate surface area is 113 Å². The SMILES string of the molecule is Cc1cc(C(N)c2c(F)cccc2Cl)sc1Cl. The van der Waals surface area contributed by atoms with E-state index in [-0.39, 0.29) is 0 Å². The Kier molecular flexibility index (Phi) is 3.73. The van der Waals surface area contributed by atoms with Crippen molar-refractivity contribution in [1.29, 1.82) is 0 Å². The van der Waals surface area contributed by atoms with Crippen molar-refractivity contribution in [3.05, 3.63) is 55.4 Å². The number of rotatable bonds is 2. The molecule has 2 rings (SSSR count). The predicted molar refractivity (Wildman–Crippen MR) is 71.5 cm³/mol. The second kappa shape index (κ2) is 4.94. The minimum absolute atomic E-state index is 0.312. The van der Waals surface area contributed by atoms with Gasteiger partial charge >= 0.3 is 0 Å². The van der Waals surface area contributed by atoms with Gasteiger partial charge in [-0.2, -0.15) is 0 Å². The first kappa shape index (κ1) is 12.8. The zero-order chi connectivity index (χ0) is 12.6. The maximum atomic E-state index is 13.7. The molecule has 0 radical (unpaired) electrons. The van der Waals surface area contributed by atoms with Crippen LogP contribution in [0.3, 0.4) is 0 Å². The molecule has 2 aromatic rings. The van der Waals surface area contributed by atoms with Crippen molar-refractivity contribution in [2.24, 2.45) is 5.73 Å². The standard InChI is InChI=1S/C12H10Cl2FNS/c1-6-5-9(17-12(6)14)11(16)10-7(13)3-2-4-8(10)15/h2-5,11H,16H2,1H3. The summed E-state index contributed by atoms with van der Waals surface area (Å²) in [6.45, 7) is 1.89. The molecule has 17 heavy (non-hydrogen) atoms. The van der Waals surface area contributed by atoms with Crippen LogP contribution < -0.4 is 5.73 Å². The van der Waals surface area contributed by atoms with Crippen molar-refractivity contribution < 1.29 is 4.39 Å². The molecule has 0 bridgehead atoms. The van der Waals surface area contributed by atoms with Crippen molar-refractivity contribution in [1.82, 2.24) is 0 Å². The first-order valence-electron chi connectivity index (χ1n) is 4.96. The summed E-state index contributed by atoms with van der Waals surface area (Å²) in [4.78, 5) is 0.805. The second-order valence-corrected chi connectivity index (χ2v) is 5.81. The molecule has 0 aliphatic heterocycles. The summed E-state index contributed by atoms with van der Waals surface area (Å²) in [6.07, 6.45) is 0. The van der Waals surface area contributed by atoms with Gasteiger partial charge in [0.25, 0.3) is 0 Å². The van der Waals surface area contributed by atoms with Crippen LogP contribution >= 0.6 is 34.5 Å². The zero-order valence-electron chi connectivity index (χ0n) is 9.01. The van der Waals surface area contributed by atoms with Crippen LogP contribution in [-0.4, -0.2) is 0 Å². The summed E-state index contributed by atoms with van der Waals surface area (Å²) in [5.74, 6) is -0.396. The van der Waals surface area contributed by atoms with Gasteiger partial charge in [0.1, 0.15) is 5.82 Å². The highest BCUT2D eigenvalue weighted by Crippen LogP contribution is 2.35. The lowest BCUT2D eigenvalue weighted by Crippen LogP contribution is -2.12. The van der Waals surface area contributed by atoms with Gasteiger partial charge in [-0.3, -0.25) is 0 Å². The average molecular weight is 290 g/mol. The van der Waals surface area contributed by atoms with E-state index >= 15 is 0 Å². The van der Waals surface area contributed by atoms with Crippen molar-refractivity contribution in [3.63, 3.8) is 0 Å². The van der Waals surface area contributed by atoms with Gasteiger partial charge in [-0.05, 0) is 30.7 Å². The first-order chi connectivity index (χ1) is 8.00. The van der Waals surface area contributed by atoms with E-state index in [2.05, 4.69) is 0 Å². The van der Waals surface area contributed by atoms with Crippen LogP contribution in [-0.2, 0) is 0 Å². The van der Waals surface area contributed by atoms with Gasteiger partial charge in [0.05, 0.1) is 10.4 Å². The summed E-state index contributed by atoms with van der Waals surface area (Å²) in [5.41, 5.74) is 7.28. The highest BCUT2D eigenvalue weighted by atomic mass is 35.5. The zero-order valence-corrected chi connectivity index (χ0v) is 11.3. The summed E-state index contributed by atoms with van der Waals surface area (Å²) >= 11 is 13.3. The molecule has 0 spiro atoms. The molecule has 90 valence electrons. The normalized spacial score (nSPS) is 12.8. The number of halogens is 3. The Morgan fingerprint density at radius 3 is 2.59 bits per heavy atom. The molecular formula is C12H10Cl2FNS. The minimum Gasteiger partial charge on any atom is -0.319 e. The van der Waals surface area contributed by atoms with E-state index in [1.165, 1.54) is 17.4 Å². The van der Waals surface area contributed by atoms with Crippen molar-refractivity contribution in [2.75, 3.05) is 0 Å². The van der Waals surface area contributed by atoms with Crippen molar-refractivity contribution in [2.45, 2.75) is 13.0 Å². The largest absolute Gasteiger partial charge is 0.319 e. The summed E-state index contributed by atoms with van der Waals surface area (Å²) < 4.78 is 14.4. The maximum Gasteiger partial charge on any atom is 0.129 e. The van der Waals surface area contributed by atoms with Crippen LogP contribution in [0, 0.1) is 12.7 Å². The quantitative estimate of drug-likeness (QED) is 0.862. The van der Waals surface area contributed by atoms with Crippen molar-refractivity contribution >= 4 is 34.5 Å². The van der Waals surface area contributed by atoms with E-state index in [9.17, 15) is 4.39 Å². The van der Waals surface area contributed by atoms with Crippen LogP contribution in [0.1, 0.15) is 22.0 Å². The molecule has 5 heteroatoms. The lowest BCUT2D eigenvalue weighted by Gasteiger charge is -2.12. The number of hydrogen-bond acceptors (Lipinski definition) is 2. The Balaban J connectivity index is 2.47. The van der Waals surface area contributed by atoms with E-state index in [4.69, 9.17) is 28.9 Å². The molecule has 0 fully saturated rings. The Morgan fingerprint density at radius 1 is 1.35 bits per heavy atom. The molecule has 0 aliphatic rings. The lowest BCUT2D eigenvalue weighted by molar-refractivity contribution is 0.601. The third-order valence-electron chi connectivity index (χ3n) is 2.49. The summed E-state index contributed by atoms with van der Waals surface area (Å²) in [7, 11) is 0. The van der Waals surface area contributed by atoms with Gasteiger partial charge in [0.2, 0.25) is 0 Å². The van der Waals surface area contributed by atoms with Gasteiger partial charge in [0.15, 0.2) is 0 Å². The summed E-state index contributed by atoms with van der Waals surface area (Å²) in [5, 5.41) is 0.333. The Bertz CT molecular complexity index is 514. The third kappa shape index (κ3) is 2.47. The molecular weight excluding hydrogens is 280 g/mol. The smallest absolute Gasteiger partial charge is 0.129 e. The molecule has 0 saturated heterocycles. The molecule has 0 saturated carbocycles. The van der Waals surface area contributed by atoms with Crippen LogP contribution in [0.15, 0.2) is 24.3 Å². The first-order valence-corrected chi connectivity index (χ1v) is 6.53. The fourth-order valence-electron chi connectivity index (χ4n) is 1.59. The maximum absolute atomic E-state index is 13.7. The lowest BCUT2D eigenvalue weighted by atomic mass is 10.1. The predicted octanol–water partition coefficient (Wildman–Crippen LogP) is 4.55. The molecule has 1 atom stereocenters. The fraction of sp³-hybridized carbons (Fsp3) is 0.167. The number of benzene rings is 1. The van der Waals surface area contributed by atoms with Crippen LogP contribution in [0.2, 0.25) is 9.36 Å². The molecule has 1 aromatic heterocycles. The molecule has 0 amide bonds. The van der Waals surface area contributed by atoms with E-state index in [0.29, 0.717) is 14.9 Å². The highest BCUT2D eigenvalue weighted by Gasteiger charge is 2.19. The second-order valence-electron chi connectivity index (χ2n) is 3.72. The third-order valence-corrected chi connectivity index (χ3v) is 4.46. The summed E-state index contributed by atoms with van der Waals surface area (Å²) in [6, 6.07) is 5.81. The van der Waals surface area contributed by atoms with Crippen LogP contribution in [0.5, 0.6) is 0 Å². The van der Waals surface area contributed by atoms with Gasteiger partial charge in [-0.25, -0.2) is 4.39 Å². The van der Waals surface area contributed by atoms with Crippen LogP contribution in [0.25, 0.3) is 0 Å². The molecule has 1 aromatic carbocycles. The molecule has 2 N–H and O–H groups in total. The highest BCUT2D eigenvalue weighted by molar-refractivity contribution is 7.16. The fourth-order valence-corrected chi connectivity index (χ4v) is 3.10. The van der Waals surface area contributed by atoms with Gasteiger partial charge in [-0.15, -0.1) is 11.3 Å². The number of hydrogen-bond donors (Lipinski definition) is 1. The van der Waals surface area contributed by atoms with E-state index in [1.807, 2.05) is 13.0 Å². The van der Waals surface area contributed by atoms with Gasteiger partial charge < -0.3 is 5.73 Å². The topological polar surface area (TPSA) is 26.0 Å².